The second kappa shape index (κ2) is 11.9. The molecule has 1 saturated heterocycles. The minimum atomic E-state index is -4.05. The Morgan fingerprint density at radius 2 is 1.62 bits per heavy atom. The SMILES string of the molecule is CN1CCN(CCn2ccc3cc(-c4cc(Nc5ccc(NS(=O)(=O)c6ccccc6F)cc5)ncn4)ccc32)CC1. The maximum Gasteiger partial charge on any atom is 0.264 e. The number of sulfonamides is 1. The van der Waals surface area contributed by atoms with E-state index in [2.05, 4.69) is 71.9 Å². The lowest BCUT2D eigenvalue weighted by Crippen LogP contribution is -2.45. The van der Waals surface area contributed by atoms with Crippen LogP contribution in [0.3, 0.4) is 0 Å². The van der Waals surface area contributed by atoms with Gasteiger partial charge in [-0.05, 0) is 61.6 Å². The molecule has 0 unspecified atom stereocenters. The molecule has 3 heterocycles. The molecule has 2 N–H and O–H groups in total. The summed E-state index contributed by atoms with van der Waals surface area (Å²) in [6.45, 7) is 6.46. The van der Waals surface area contributed by atoms with Gasteiger partial charge in [0.25, 0.3) is 10.0 Å². The zero-order valence-electron chi connectivity index (χ0n) is 23.2. The predicted octanol–water partition coefficient (Wildman–Crippen LogP) is 5.03. The molecule has 42 heavy (non-hydrogen) atoms. The Bertz CT molecular complexity index is 1800. The summed E-state index contributed by atoms with van der Waals surface area (Å²) in [4.78, 5) is 13.3. The number of benzene rings is 3. The molecule has 216 valence electrons. The number of nitrogens with zero attached hydrogens (tertiary/aromatic N) is 5. The summed E-state index contributed by atoms with van der Waals surface area (Å²) in [5, 5.41) is 4.40. The largest absolute Gasteiger partial charge is 0.346 e. The number of fused-ring (bicyclic) bond motifs is 1. The predicted molar refractivity (Wildman–Crippen MR) is 164 cm³/mol. The maximum atomic E-state index is 14.0. The summed E-state index contributed by atoms with van der Waals surface area (Å²) in [5.74, 6) is -0.203. The van der Waals surface area contributed by atoms with E-state index in [1.165, 1.54) is 30.0 Å². The molecule has 2 aromatic heterocycles. The van der Waals surface area contributed by atoms with Gasteiger partial charge in [-0.3, -0.25) is 9.62 Å². The van der Waals surface area contributed by atoms with Gasteiger partial charge in [0.2, 0.25) is 0 Å². The van der Waals surface area contributed by atoms with E-state index in [1.54, 1.807) is 24.3 Å². The number of piperazine rings is 1. The first-order chi connectivity index (χ1) is 20.3. The smallest absolute Gasteiger partial charge is 0.264 e. The number of rotatable bonds is 9. The van der Waals surface area contributed by atoms with Crippen molar-refractivity contribution in [3.63, 3.8) is 0 Å². The Labute approximate surface area is 244 Å². The Morgan fingerprint density at radius 1 is 0.857 bits per heavy atom. The van der Waals surface area contributed by atoms with Crippen LogP contribution in [-0.4, -0.2) is 72.5 Å². The lowest BCUT2D eigenvalue weighted by molar-refractivity contribution is 0.150. The van der Waals surface area contributed by atoms with Gasteiger partial charge >= 0.3 is 0 Å². The Hall–Kier alpha value is -4.32. The summed E-state index contributed by atoms with van der Waals surface area (Å²) in [5.41, 5.74) is 4.00. The van der Waals surface area contributed by atoms with E-state index in [0.717, 1.165) is 62.0 Å². The molecule has 0 spiro atoms. The molecule has 3 aromatic carbocycles. The highest BCUT2D eigenvalue weighted by Gasteiger charge is 2.18. The lowest BCUT2D eigenvalue weighted by Gasteiger charge is -2.32. The highest BCUT2D eigenvalue weighted by molar-refractivity contribution is 7.92. The van der Waals surface area contributed by atoms with E-state index in [0.29, 0.717) is 17.2 Å². The molecule has 1 aliphatic heterocycles. The lowest BCUT2D eigenvalue weighted by atomic mass is 10.1. The van der Waals surface area contributed by atoms with E-state index < -0.39 is 20.7 Å². The van der Waals surface area contributed by atoms with Crippen molar-refractivity contribution in [1.29, 1.82) is 0 Å². The molecule has 0 radical (unpaired) electrons. The fourth-order valence-electron chi connectivity index (χ4n) is 5.10. The number of anilines is 3. The van der Waals surface area contributed by atoms with Crippen molar-refractivity contribution >= 4 is 38.1 Å². The van der Waals surface area contributed by atoms with Crippen LogP contribution >= 0.6 is 0 Å². The van der Waals surface area contributed by atoms with Crippen LogP contribution < -0.4 is 10.0 Å². The van der Waals surface area contributed by atoms with Gasteiger partial charge in [-0.15, -0.1) is 0 Å². The zero-order valence-corrected chi connectivity index (χ0v) is 24.1. The Balaban J connectivity index is 1.11. The van der Waals surface area contributed by atoms with Crippen LogP contribution in [0.15, 0.2) is 96.3 Å². The summed E-state index contributed by atoms with van der Waals surface area (Å²) < 4.78 is 43.9. The summed E-state index contributed by atoms with van der Waals surface area (Å²) in [7, 11) is -1.87. The molecule has 0 bridgehead atoms. The van der Waals surface area contributed by atoms with Gasteiger partial charge in [-0.25, -0.2) is 22.8 Å². The highest BCUT2D eigenvalue weighted by Crippen LogP contribution is 2.27. The van der Waals surface area contributed by atoms with Crippen LogP contribution in [0.4, 0.5) is 21.6 Å². The van der Waals surface area contributed by atoms with Crippen LogP contribution in [0.5, 0.6) is 0 Å². The fraction of sp³-hybridized carbons (Fsp3) is 0.226. The van der Waals surface area contributed by atoms with Crippen molar-refractivity contribution < 1.29 is 12.8 Å². The zero-order chi connectivity index (χ0) is 29.1. The number of likely N-dealkylation sites (N-methyl/N-ethyl adjacent to an activating group) is 1. The number of hydrogen-bond acceptors (Lipinski definition) is 7. The highest BCUT2D eigenvalue weighted by atomic mass is 32.2. The van der Waals surface area contributed by atoms with Gasteiger partial charge < -0.3 is 14.8 Å². The minimum absolute atomic E-state index is 0.316. The molecular weight excluding hydrogens is 553 g/mol. The average molecular weight is 586 g/mol. The van der Waals surface area contributed by atoms with Crippen molar-refractivity contribution in [2.24, 2.45) is 0 Å². The summed E-state index contributed by atoms with van der Waals surface area (Å²) in [6.07, 6.45) is 3.66. The molecule has 0 aliphatic carbocycles. The van der Waals surface area contributed by atoms with E-state index >= 15 is 0 Å². The Morgan fingerprint density at radius 3 is 2.40 bits per heavy atom. The van der Waals surface area contributed by atoms with Gasteiger partial charge in [0.05, 0.1) is 5.69 Å². The first kappa shape index (κ1) is 27.8. The molecule has 1 fully saturated rings. The second-order valence-corrected chi connectivity index (χ2v) is 12.1. The summed E-state index contributed by atoms with van der Waals surface area (Å²) >= 11 is 0. The van der Waals surface area contributed by atoms with Gasteiger partial charge in [0.15, 0.2) is 0 Å². The molecule has 11 heteroatoms. The van der Waals surface area contributed by atoms with Gasteiger partial charge in [0, 0.05) is 79.4 Å². The van der Waals surface area contributed by atoms with Crippen LogP contribution in [-0.2, 0) is 16.6 Å². The van der Waals surface area contributed by atoms with Crippen LogP contribution in [0.25, 0.3) is 22.2 Å². The van der Waals surface area contributed by atoms with Crippen LogP contribution in [0.1, 0.15) is 0 Å². The van der Waals surface area contributed by atoms with Crippen molar-refractivity contribution in [1.82, 2.24) is 24.3 Å². The van der Waals surface area contributed by atoms with E-state index in [9.17, 15) is 12.8 Å². The third kappa shape index (κ3) is 6.28. The molecule has 0 amide bonds. The third-order valence-corrected chi connectivity index (χ3v) is 8.94. The fourth-order valence-corrected chi connectivity index (χ4v) is 6.24. The van der Waals surface area contributed by atoms with E-state index in [1.807, 2.05) is 6.07 Å². The number of hydrogen-bond donors (Lipinski definition) is 2. The van der Waals surface area contributed by atoms with Gasteiger partial charge in [-0.1, -0.05) is 18.2 Å². The van der Waals surface area contributed by atoms with Crippen LogP contribution in [0, 0.1) is 5.82 Å². The van der Waals surface area contributed by atoms with E-state index in [-0.39, 0.29) is 0 Å². The quantitative estimate of drug-likeness (QED) is 0.251. The van der Waals surface area contributed by atoms with E-state index in [4.69, 9.17) is 0 Å². The monoisotopic (exact) mass is 585 g/mol. The van der Waals surface area contributed by atoms with Gasteiger partial charge in [0.1, 0.15) is 22.9 Å². The van der Waals surface area contributed by atoms with Crippen molar-refractivity contribution in [2.45, 2.75) is 11.4 Å². The normalized spacial score (nSPS) is 14.7. The molecular formula is C31H32FN7O2S. The van der Waals surface area contributed by atoms with Crippen molar-refractivity contribution in [3.8, 4) is 11.3 Å². The average Bonchev–Trinajstić information content (AvgIpc) is 3.40. The molecule has 9 nitrogen and oxygen atoms in total. The maximum absolute atomic E-state index is 14.0. The number of halogens is 1. The first-order valence-electron chi connectivity index (χ1n) is 13.8. The molecule has 5 aromatic rings. The first-order valence-corrected chi connectivity index (χ1v) is 15.3. The third-order valence-electron chi connectivity index (χ3n) is 7.52. The van der Waals surface area contributed by atoms with Crippen LogP contribution in [0.2, 0.25) is 0 Å². The second-order valence-electron chi connectivity index (χ2n) is 10.5. The number of aromatic nitrogens is 3. The number of nitrogens with one attached hydrogen (secondary N) is 2. The Kier molecular flexibility index (Phi) is 7.88. The topological polar surface area (TPSA) is 95.4 Å². The molecule has 6 rings (SSSR count). The van der Waals surface area contributed by atoms with Crippen molar-refractivity contribution in [2.75, 3.05) is 49.8 Å². The van der Waals surface area contributed by atoms with Crippen molar-refractivity contribution in [3.05, 3.63) is 97.2 Å². The minimum Gasteiger partial charge on any atom is -0.346 e. The molecule has 0 atom stereocenters. The summed E-state index contributed by atoms with van der Waals surface area (Å²) in [6, 6.07) is 22.3. The molecule has 0 saturated carbocycles. The molecule has 1 aliphatic rings. The van der Waals surface area contributed by atoms with Gasteiger partial charge in [-0.2, -0.15) is 0 Å². The standard InChI is InChI=1S/C31H32FN7O2S/c1-37-14-16-38(17-15-37)18-19-39-13-12-24-20-23(6-11-29(24)39)28-21-31(34-22-33-28)35-25-7-9-26(10-8-25)36-42(40,41)30-5-3-2-4-27(30)32/h2-13,20-22,36H,14-19H2,1H3,(H,33,34,35).